The summed E-state index contributed by atoms with van der Waals surface area (Å²) in [5.74, 6) is -0.478. The van der Waals surface area contributed by atoms with E-state index < -0.39 is 5.97 Å². The summed E-state index contributed by atoms with van der Waals surface area (Å²) >= 11 is 0. The maximum atomic E-state index is 11.4. The Morgan fingerprint density at radius 2 is 1.93 bits per heavy atom. The zero-order valence-corrected chi connectivity index (χ0v) is 8.74. The molecule has 2 fully saturated rings. The van der Waals surface area contributed by atoms with Gasteiger partial charge in [-0.1, -0.05) is 6.42 Å². The normalized spacial score (nSPS) is 30.1. The predicted octanol–water partition coefficient (Wildman–Crippen LogP) is 1.01. The van der Waals surface area contributed by atoms with Crippen LogP contribution in [0.1, 0.15) is 32.1 Å². The van der Waals surface area contributed by atoms with Crippen molar-refractivity contribution in [3.63, 3.8) is 0 Å². The number of rotatable bonds is 4. The molecule has 0 aromatic rings. The third-order valence-electron chi connectivity index (χ3n) is 3.46. The van der Waals surface area contributed by atoms with Crippen LogP contribution < -0.4 is 5.32 Å². The van der Waals surface area contributed by atoms with E-state index in [0.717, 1.165) is 32.1 Å². The van der Waals surface area contributed by atoms with Gasteiger partial charge < -0.3 is 10.4 Å². The molecule has 15 heavy (non-hydrogen) atoms. The number of nitrogens with one attached hydrogen (secondary N) is 1. The van der Waals surface area contributed by atoms with Crippen molar-refractivity contribution in [3.8, 4) is 0 Å². The summed E-state index contributed by atoms with van der Waals surface area (Å²) in [5.41, 5.74) is 0. The smallest absolute Gasteiger partial charge is 0.306 e. The fourth-order valence-electron chi connectivity index (χ4n) is 2.33. The van der Waals surface area contributed by atoms with Gasteiger partial charge >= 0.3 is 5.97 Å². The highest BCUT2D eigenvalue weighted by atomic mass is 16.4. The molecule has 2 saturated carbocycles. The number of amides is 1. The van der Waals surface area contributed by atoms with E-state index in [2.05, 4.69) is 5.32 Å². The van der Waals surface area contributed by atoms with Crippen LogP contribution in [0.5, 0.6) is 0 Å². The van der Waals surface area contributed by atoms with E-state index in [0.29, 0.717) is 6.54 Å². The zero-order chi connectivity index (χ0) is 10.8. The Labute approximate surface area is 89.0 Å². The Kier molecular flexibility index (Phi) is 2.93. The molecule has 0 heterocycles. The third kappa shape index (κ3) is 2.49. The second-order valence-corrected chi connectivity index (χ2v) is 4.66. The van der Waals surface area contributed by atoms with Gasteiger partial charge in [0.25, 0.3) is 0 Å². The van der Waals surface area contributed by atoms with Gasteiger partial charge in [0.1, 0.15) is 0 Å². The lowest BCUT2D eigenvalue weighted by Crippen LogP contribution is -2.33. The molecule has 0 radical (unpaired) electrons. The first-order valence-electron chi connectivity index (χ1n) is 5.69. The fraction of sp³-hybridized carbons (Fsp3) is 0.818. The lowest BCUT2D eigenvalue weighted by atomic mass is 9.96. The largest absolute Gasteiger partial charge is 0.481 e. The molecule has 2 unspecified atom stereocenters. The number of carboxylic acid groups (broad SMARTS) is 1. The Morgan fingerprint density at radius 1 is 1.20 bits per heavy atom. The molecule has 0 spiro atoms. The molecule has 2 atom stereocenters. The first-order valence-corrected chi connectivity index (χ1v) is 5.69. The highest BCUT2D eigenvalue weighted by molar-refractivity contribution is 5.80. The molecular formula is C11H17NO3. The number of hydrogen-bond acceptors (Lipinski definition) is 2. The fourth-order valence-corrected chi connectivity index (χ4v) is 2.33. The van der Waals surface area contributed by atoms with Crippen molar-refractivity contribution in [1.29, 1.82) is 0 Å². The van der Waals surface area contributed by atoms with Gasteiger partial charge in [0.2, 0.25) is 5.91 Å². The molecular weight excluding hydrogens is 194 g/mol. The predicted molar refractivity (Wildman–Crippen MR) is 54.2 cm³/mol. The average molecular weight is 211 g/mol. The van der Waals surface area contributed by atoms with Crippen molar-refractivity contribution in [3.05, 3.63) is 0 Å². The van der Waals surface area contributed by atoms with Crippen LogP contribution in [0.4, 0.5) is 0 Å². The number of carbonyl (C=O) groups excluding carboxylic acids is 1. The lowest BCUT2D eigenvalue weighted by molar-refractivity contribution is -0.143. The highest BCUT2D eigenvalue weighted by Gasteiger charge is 2.34. The number of aliphatic carboxylic acids is 1. The van der Waals surface area contributed by atoms with E-state index in [1.807, 2.05) is 0 Å². The minimum Gasteiger partial charge on any atom is -0.481 e. The van der Waals surface area contributed by atoms with Crippen molar-refractivity contribution < 1.29 is 14.7 Å². The van der Waals surface area contributed by atoms with Crippen LogP contribution in [0.2, 0.25) is 0 Å². The van der Waals surface area contributed by atoms with E-state index in [1.54, 1.807) is 0 Å². The Balaban J connectivity index is 1.77. The van der Waals surface area contributed by atoms with Crippen LogP contribution in [0.25, 0.3) is 0 Å². The average Bonchev–Trinajstić information content (AvgIpc) is 2.93. The molecule has 2 rings (SSSR count). The maximum Gasteiger partial charge on any atom is 0.306 e. The molecule has 0 bridgehead atoms. The molecule has 0 saturated heterocycles. The standard InChI is InChI=1S/C11H17NO3/c13-10(7-4-5-7)12-6-8-2-1-3-9(8)11(14)15/h7-9H,1-6H2,(H,12,13)(H,14,15). The Hall–Kier alpha value is -1.06. The zero-order valence-electron chi connectivity index (χ0n) is 8.74. The topological polar surface area (TPSA) is 66.4 Å². The number of carboxylic acids is 1. The number of carbonyl (C=O) groups is 2. The first kappa shape index (κ1) is 10.5. The molecule has 84 valence electrons. The van der Waals surface area contributed by atoms with E-state index in [4.69, 9.17) is 5.11 Å². The summed E-state index contributed by atoms with van der Waals surface area (Å²) in [6.07, 6.45) is 4.67. The summed E-state index contributed by atoms with van der Waals surface area (Å²) in [7, 11) is 0. The van der Waals surface area contributed by atoms with Crippen LogP contribution in [-0.2, 0) is 9.59 Å². The van der Waals surface area contributed by atoms with Crippen LogP contribution in [-0.4, -0.2) is 23.5 Å². The molecule has 2 N–H and O–H groups in total. The van der Waals surface area contributed by atoms with E-state index in [9.17, 15) is 9.59 Å². The molecule has 4 nitrogen and oxygen atoms in total. The molecule has 4 heteroatoms. The van der Waals surface area contributed by atoms with Crippen molar-refractivity contribution in [1.82, 2.24) is 5.32 Å². The summed E-state index contributed by atoms with van der Waals surface area (Å²) < 4.78 is 0. The SMILES string of the molecule is O=C(NCC1CCCC1C(=O)O)C1CC1. The molecule has 0 aliphatic heterocycles. The molecule has 0 aromatic carbocycles. The summed E-state index contributed by atoms with van der Waals surface area (Å²) in [6.45, 7) is 0.548. The van der Waals surface area contributed by atoms with Crippen molar-refractivity contribution >= 4 is 11.9 Å². The van der Waals surface area contributed by atoms with Gasteiger partial charge in [-0.15, -0.1) is 0 Å². The van der Waals surface area contributed by atoms with Crippen LogP contribution in [0.15, 0.2) is 0 Å². The van der Waals surface area contributed by atoms with E-state index in [-0.39, 0.29) is 23.7 Å². The second-order valence-electron chi connectivity index (χ2n) is 4.66. The second kappa shape index (κ2) is 4.21. The van der Waals surface area contributed by atoms with Gasteiger partial charge in [0.05, 0.1) is 5.92 Å². The van der Waals surface area contributed by atoms with E-state index in [1.165, 1.54) is 0 Å². The van der Waals surface area contributed by atoms with E-state index >= 15 is 0 Å². The molecule has 0 aromatic heterocycles. The number of hydrogen-bond donors (Lipinski definition) is 2. The van der Waals surface area contributed by atoms with Crippen LogP contribution in [0.3, 0.4) is 0 Å². The minimum absolute atomic E-state index is 0.117. The molecule has 2 aliphatic rings. The minimum atomic E-state index is -0.710. The van der Waals surface area contributed by atoms with Gasteiger partial charge in [-0.25, -0.2) is 0 Å². The quantitative estimate of drug-likeness (QED) is 0.729. The Morgan fingerprint density at radius 3 is 2.53 bits per heavy atom. The lowest BCUT2D eigenvalue weighted by Gasteiger charge is -2.16. The summed E-state index contributed by atoms with van der Waals surface area (Å²) in [6, 6.07) is 0. The highest BCUT2D eigenvalue weighted by Crippen LogP contribution is 2.32. The first-order chi connectivity index (χ1) is 7.18. The van der Waals surface area contributed by atoms with Crippen LogP contribution in [0, 0.1) is 17.8 Å². The van der Waals surface area contributed by atoms with Gasteiger partial charge in [-0.05, 0) is 31.6 Å². The van der Waals surface area contributed by atoms with Gasteiger partial charge in [0, 0.05) is 12.5 Å². The van der Waals surface area contributed by atoms with Gasteiger partial charge in [-0.2, -0.15) is 0 Å². The summed E-state index contributed by atoms with van der Waals surface area (Å²) in [5, 5.41) is 11.8. The van der Waals surface area contributed by atoms with Crippen molar-refractivity contribution in [2.45, 2.75) is 32.1 Å². The molecule has 2 aliphatic carbocycles. The van der Waals surface area contributed by atoms with Crippen molar-refractivity contribution in [2.24, 2.45) is 17.8 Å². The maximum absolute atomic E-state index is 11.4. The van der Waals surface area contributed by atoms with Crippen LogP contribution >= 0.6 is 0 Å². The monoisotopic (exact) mass is 211 g/mol. The van der Waals surface area contributed by atoms with Gasteiger partial charge in [-0.3, -0.25) is 9.59 Å². The third-order valence-corrected chi connectivity index (χ3v) is 3.46. The van der Waals surface area contributed by atoms with Crippen molar-refractivity contribution in [2.75, 3.05) is 6.54 Å². The van der Waals surface area contributed by atoms with Gasteiger partial charge in [0.15, 0.2) is 0 Å². The summed E-state index contributed by atoms with van der Waals surface area (Å²) in [4.78, 5) is 22.3. The Bertz CT molecular complexity index is 273. The molecule has 1 amide bonds.